The number of hydrogen-bond acceptors (Lipinski definition) is 5. The number of nitrogens with one attached hydrogen (secondary N) is 2. The Balaban J connectivity index is 1.58. The van der Waals surface area contributed by atoms with Gasteiger partial charge in [-0.3, -0.25) is 4.90 Å². The summed E-state index contributed by atoms with van der Waals surface area (Å²) in [7, 11) is 0. The number of rotatable bonds is 1. The van der Waals surface area contributed by atoms with Crippen LogP contribution >= 0.6 is 11.3 Å². The highest BCUT2D eigenvalue weighted by atomic mass is 32.1. The van der Waals surface area contributed by atoms with Crippen molar-refractivity contribution in [2.45, 2.75) is 31.3 Å². The molecule has 0 bridgehead atoms. The Labute approximate surface area is 137 Å². The van der Waals surface area contributed by atoms with Gasteiger partial charge in [-0.15, -0.1) is 0 Å². The lowest BCUT2D eigenvalue weighted by Crippen LogP contribution is -2.36. The Hall–Kier alpha value is -1.86. The first-order chi connectivity index (χ1) is 11.3. The van der Waals surface area contributed by atoms with Gasteiger partial charge >= 0.3 is 6.03 Å². The standard InChI is InChI=1S/C16H18N4O2S/c21-15-18-10-3-6-17-7-4-11(10)20(15)16-19-14-9-5-8-22-12(9)1-2-13(14)23-16/h1-2,10-11,17H,3-8H2,(H,18,21)/t10-,11+/m0/s1. The van der Waals surface area contributed by atoms with Gasteiger partial charge in [0, 0.05) is 12.0 Å². The third-order valence-electron chi connectivity index (χ3n) is 5.00. The lowest BCUT2D eigenvalue weighted by molar-refractivity contribution is 0.250. The maximum Gasteiger partial charge on any atom is 0.324 e. The van der Waals surface area contributed by atoms with Gasteiger partial charge in [-0.2, -0.15) is 0 Å². The van der Waals surface area contributed by atoms with Crippen molar-refractivity contribution in [2.24, 2.45) is 0 Å². The maximum absolute atomic E-state index is 12.5. The van der Waals surface area contributed by atoms with E-state index in [-0.39, 0.29) is 18.1 Å². The number of carbonyl (C=O) groups excluding carboxylic acids is 1. The highest BCUT2D eigenvalue weighted by Gasteiger charge is 2.42. The second-order valence-corrected chi connectivity index (χ2v) is 7.31. The topological polar surface area (TPSA) is 66.5 Å². The van der Waals surface area contributed by atoms with Crippen LogP contribution in [0.25, 0.3) is 10.2 Å². The summed E-state index contributed by atoms with van der Waals surface area (Å²) < 4.78 is 6.76. The van der Waals surface area contributed by atoms with Crippen LogP contribution in [0.5, 0.6) is 5.75 Å². The highest BCUT2D eigenvalue weighted by Crippen LogP contribution is 2.39. The van der Waals surface area contributed by atoms with E-state index in [0.29, 0.717) is 0 Å². The molecule has 3 aliphatic heterocycles. The number of thiazole rings is 1. The summed E-state index contributed by atoms with van der Waals surface area (Å²) in [5.41, 5.74) is 2.19. The second-order valence-electron chi connectivity index (χ2n) is 6.30. The molecule has 0 aliphatic carbocycles. The molecule has 1 aromatic carbocycles. The molecule has 2 N–H and O–H groups in total. The number of urea groups is 1. The van der Waals surface area contributed by atoms with Crippen LogP contribution in [0.15, 0.2) is 12.1 Å². The molecule has 0 radical (unpaired) electrons. The van der Waals surface area contributed by atoms with Gasteiger partial charge in [0.25, 0.3) is 0 Å². The Morgan fingerprint density at radius 2 is 2.22 bits per heavy atom. The summed E-state index contributed by atoms with van der Waals surface area (Å²) in [6, 6.07) is 4.49. The van der Waals surface area contributed by atoms with Crippen LogP contribution in [0, 0.1) is 0 Å². The number of benzene rings is 1. The van der Waals surface area contributed by atoms with E-state index in [1.807, 2.05) is 11.0 Å². The van der Waals surface area contributed by atoms with E-state index in [4.69, 9.17) is 9.72 Å². The quantitative estimate of drug-likeness (QED) is 0.838. The first-order valence-electron chi connectivity index (χ1n) is 8.17. The molecule has 1 aromatic heterocycles. The lowest BCUT2D eigenvalue weighted by Gasteiger charge is -2.22. The molecule has 120 valence electrons. The Bertz CT molecular complexity index is 790. The zero-order chi connectivity index (χ0) is 15.4. The molecule has 0 saturated carbocycles. The fourth-order valence-corrected chi connectivity index (χ4v) is 4.92. The number of hydrogen-bond donors (Lipinski definition) is 2. The number of nitrogens with zero attached hydrogens (tertiary/aromatic N) is 2. The van der Waals surface area contributed by atoms with Crippen molar-refractivity contribution < 1.29 is 9.53 Å². The van der Waals surface area contributed by atoms with E-state index in [0.717, 1.165) is 60.1 Å². The van der Waals surface area contributed by atoms with Gasteiger partial charge in [-0.05, 0) is 38.1 Å². The zero-order valence-electron chi connectivity index (χ0n) is 12.7. The van der Waals surface area contributed by atoms with Crippen molar-refractivity contribution in [2.75, 3.05) is 24.6 Å². The molecule has 3 aliphatic rings. The summed E-state index contributed by atoms with van der Waals surface area (Å²) in [6.45, 7) is 2.63. The fourth-order valence-electron chi connectivity index (χ4n) is 3.87. The summed E-state index contributed by atoms with van der Waals surface area (Å²) >= 11 is 1.60. The summed E-state index contributed by atoms with van der Waals surface area (Å²) in [5.74, 6) is 0.941. The normalized spacial score (nSPS) is 26.6. The van der Waals surface area contributed by atoms with Crippen LogP contribution in [0.1, 0.15) is 18.4 Å². The van der Waals surface area contributed by atoms with Gasteiger partial charge in [0.15, 0.2) is 5.13 Å². The fraction of sp³-hybridized carbons (Fsp3) is 0.500. The molecule has 2 aromatic rings. The molecule has 2 amide bonds. The smallest absolute Gasteiger partial charge is 0.324 e. The van der Waals surface area contributed by atoms with Gasteiger partial charge in [0.2, 0.25) is 0 Å². The average molecular weight is 330 g/mol. The first kappa shape index (κ1) is 13.6. The summed E-state index contributed by atoms with van der Waals surface area (Å²) in [6.07, 6.45) is 2.83. The first-order valence-corrected chi connectivity index (χ1v) is 8.98. The Kier molecular flexibility index (Phi) is 2.99. The van der Waals surface area contributed by atoms with Crippen LogP contribution < -0.4 is 20.3 Å². The van der Waals surface area contributed by atoms with E-state index >= 15 is 0 Å². The van der Waals surface area contributed by atoms with E-state index < -0.39 is 0 Å². The van der Waals surface area contributed by atoms with Gasteiger partial charge in [0.1, 0.15) is 5.75 Å². The van der Waals surface area contributed by atoms with Gasteiger partial charge in [-0.1, -0.05) is 11.3 Å². The number of anilines is 1. The van der Waals surface area contributed by atoms with Crippen LogP contribution in [0.2, 0.25) is 0 Å². The monoisotopic (exact) mass is 330 g/mol. The molecule has 2 atom stereocenters. The van der Waals surface area contributed by atoms with Crippen LogP contribution in [0.3, 0.4) is 0 Å². The van der Waals surface area contributed by atoms with Crippen molar-refractivity contribution in [3.63, 3.8) is 0 Å². The molecule has 7 heteroatoms. The molecule has 6 nitrogen and oxygen atoms in total. The largest absolute Gasteiger partial charge is 0.493 e. The minimum absolute atomic E-state index is 0.00569. The predicted octanol–water partition coefficient (Wildman–Crippen LogP) is 1.88. The summed E-state index contributed by atoms with van der Waals surface area (Å²) in [5, 5.41) is 7.35. The molecule has 0 unspecified atom stereocenters. The van der Waals surface area contributed by atoms with Crippen molar-refractivity contribution >= 4 is 32.7 Å². The highest BCUT2D eigenvalue weighted by molar-refractivity contribution is 7.22. The van der Waals surface area contributed by atoms with E-state index in [1.165, 1.54) is 5.56 Å². The zero-order valence-corrected chi connectivity index (χ0v) is 13.5. The maximum atomic E-state index is 12.5. The van der Waals surface area contributed by atoms with E-state index in [2.05, 4.69) is 16.7 Å². The number of amides is 2. The number of aromatic nitrogens is 1. The van der Waals surface area contributed by atoms with Crippen molar-refractivity contribution in [3.05, 3.63) is 17.7 Å². The Morgan fingerprint density at radius 3 is 3.17 bits per heavy atom. The molecule has 23 heavy (non-hydrogen) atoms. The molecular weight excluding hydrogens is 312 g/mol. The number of ether oxygens (including phenoxy) is 1. The molecular formula is C16H18N4O2S. The summed E-state index contributed by atoms with van der Waals surface area (Å²) in [4.78, 5) is 19.2. The third kappa shape index (κ3) is 2.03. The van der Waals surface area contributed by atoms with Gasteiger partial charge < -0.3 is 15.4 Å². The lowest BCUT2D eigenvalue weighted by atomic mass is 10.0. The molecule has 5 rings (SSSR count). The third-order valence-corrected chi connectivity index (χ3v) is 6.02. The molecule has 2 fully saturated rings. The van der Waals surface area contributed by atoms with Crippen LogP contribution in [-0.2, 0) is 6.42 Å². The SMILES string of the molecule is O=C1N[C@H]2CCNCC[C@H]2N1c1nc2c3c(ccc2s1)OCC3. The van der Waals surface area contributed by atoms with E-state index in [1.54, 1.807) is 11.3 Å². The average Bonchev–Trinajstić information content (AvgIpc) is 3.19. The minimum Gasteiger partial charge on any atom is -0.493 e. The molecule has 2 saturated heterocycles. The van der Waals surface area contributed by atoms with Gasteiger partial charge in [-0.25, -0.2) is 9.78 Å². The minimum atomic E-state index is -0.00569. The van der Waals surface area contributed by atoms with Crippen molar-refractivity contribution in [3.8, 4) is 5.75 Å². The molecule has 0 spiro atoms. The van der Waals surface area contributed by atoms with Crippen LogP contribution in [0.4, 0.5) is 9.93 Å². The number of fused-ring (bicyclic) bond motifs is 4. The van der Waals surface area contributed by atoms with Crippen LogP contribution in [-0.4, -0.2) is 42.8 Å². The Morgan fingerprint density at radius 1 is 1.30 bits per heavy atom. The van der Waals surface area contributed by atoms with Crippen molar-refractivity contribution in [1.82, 2.24) is 15.6 Å². The van der Waals surface area contributed by atoms with E-state index in [9.17, 15) is 4.79 Å². The number of carbonyl (C=O) groups is 1. The van der Waals surface area contributed by atoms with Crippen molar-refractivity contribution in [1.29, 1.82) is 0 Å². The predicted molar refractivity (Wildman–Crippen MR) is 89.5 cm³/mol. The van der Waals surface area contributed by atoms with Gasteiger partial charge in [0.05, 0.1) is 28.9 Å². The molecule has 4 heterocycles. The second kappa shape index (κ2) is 5.07.